The highest BCUT2D eigenvalue weighted by Crippen LogP contribution is 2.29. The van der Waals surface area contributed by atoms with Crippen molar-refractivity contribution < 1.29 is 9.59 Å². The zero-order valence-electron chi connectivity index (χ0n) is 18.9. The average Bonchev–Trinajstić information content (AvgIpc) is 3.58. The van der Waals surface area contributed by atoms with E-state index in [1.54, 1.807) is 6.07 Å². The summed E-state index contributed by atoms with van der Waals surface area (Å²) in [4.78, 5) is 36.5. The molecule has 2 amide bonds. The molecule has 0 spiro atoms. The number of rotatable bonds is 5. The third-order valence-corrected chi connectivity index (χ3v) is 5.99. The number of fused-ring (bicyclic) bond motifs is 2. The first-order valence-corrected chi connectivity index (χ1v) is 11.3. The van der Waals surface area contributed by atoms with Gasteiger partial charge in [0, 0.05) is 22.0 Å². The second kappa shape index (κ2) is 8.91. The molecular formula is C26H20N8O2. The summed E-state index contributed by atoms with van der Waals surface area (Å²) in [5.41, 5.74) is 3.99. The van der Waals surface area contributed by atoms with Gasteiger partial charge in [0.25, 0.3) is 11.8 Å². The first-order valence-electron chi connectivity index (χ1n) is 11.3. The van der Waals surface area contributed by atoms with Gasteiger partial charge in [-0.2, -0.15) is 0 Å². The number of aromatic amines is 2. The normalized spacial score (nSPS) is 15.3. The van der Waals surface area contributed by atoms with Crippen molar-refractivity contribution >= 4 is 34.1 Å². The fourth-order valence-corrected chi connectivity index (χ4v) is 4.31. The molecule has 2 aromatic heterocycles. The van der Waals surface area contributed by atoms with Gasteiger partial charge in [0.1, 0.15) is 5.69 Å². The highest BCUT2D eigenvalue weighted by Gasteiger charge is 2.34. The smallest absolute Gasteiger partial charge is 0.272 e. The lowest BCUT2D eigenvalue weighted by atomic mass is 10.0. The van der Waals surface area contributed by atoms with Crippen LogP contribution in [0.5, 0.6) is 0 Å². The standard InChI is InChI=1S/C26H20N8O2/c35-25(20-14-17-10-4-6-12-19(17)27-20)29-24-26(36)34(15-22-30-32-33-31-22)21-13-7-5-11-18(21)23(28-24)16-8-2-1-3-9-16/h1-14,24,27H,15H2,(H,29,35)(H,30,31,32,33)/t24-/m0/s1. The van der Waals surface area contributed by atoms with Gasteiger partial charge in [-0.3, -0.25) is 9.59 Å². The van der Waals surface area contributed by atoms with Crippen LogP contribution in [0.4, 0.5) is 5.69 Å². The lowest BCUT2D eigenvalue weighted by Crippen LogP contribution is -2.47. The minimum absolute atomic E-state index is 0.0825. The second-order valence-electron chi connectivity index (χ2n) is 8.28. The van der Waals surface area contributed by atoms with Crippen molar-refractivity contribution in [3.8, 4) is 0 Å². The first-order chi connectivity index (χ1) is 17.7. The summed E-state index contributed by atoms with van der Waals surface area (Å²) in [6.07, 6.45) is -1.18. The van der Waals surface area contributed by atoms with Crippen LogP contribution in [-0.4, -0.2) is 49.3 Å². The van der Waals surface area contributed by atoms with Crippen molar-refractivity contribution in [1.82, 2.24) is 30.9 Å². The van der Waals surface area contributed by atoms with Crippen LogP contribution in [0.15, 0.2) is 89.9 Å². The number of hydrogen-bond acceptors (Lipinski definition) is 6. The van der Waals surface area contributed by atoms with Crippen LogP contribution in [0.2, 0.25) is 0 Å². The van der Waals surface area contributed by atoms with E-state index in [1.807, 2.05) is 78.9 Å². The van der Waals surface area contributed by atoms with Gasteiger partial charge >= 0.3 is 0 Å². The Labute approximate surface area is 205 Å². The van der Waals surface area contributed by atoms with Crippen LogP contribution >= 0.6 is 0 Å². The van der Waals surface area contributed by atoms with Gasteiger partial charge in [0.15, 0.2) is 5.82 Å². The van der Waals surface area contributed by atoms with Gasteiger partial charge in [-0.25, -0.2) is 10.1 Å². The molecule has 0 saturated carbocycles. The number of aromatic nitrogens is 5. The number of benzodiazepines with no additional fused rings is 1. The Morgan fingerprint density at radius 2 is 1.75 bits per heavy atom. The minimum Gasteiger partial charge on any atom is -0.351 e. The SMILES string of the molecule is O=C(N[C@@H]1N=C(c2ccccc2)c2ccccc2N(Cc2nnn[nH]2)C1=O)c1cc2ccccc2[nH]1. The van der Waals surface area contributed by atoms with Crippen molar-refractivity contribution in [2.75, 3.05) is 4.90 Å². The molecule has 5 aromatic rings. The predicted octanol–water partition coefficient (Wildman–Crippen LogP) is 2.82. The van der Waals surface area contributed by atoms with Crippen LogP contribution in [0, 0.1) is 0 Å². The fourth-order valence-electron chi connectivity index (χ4n) is 4.31. The number of tetrazole rings is 1. The van der Waals surface area contributed by atoms with Crippen LogP contribution in [0.1, 0.15) is 27.4 Å². The molecule has 10 heteroatoms. The fraction of sp³-hybridized carbons (Fsp3) is 0.0769. The molecule has 3 aromatic carbocycles. The molecule has 36 heavy (non-hydrogen) atoms. The van der Waals surface area contributed by atoms with Crippen LogP contribution in [0.3, 0.4) is 0 Å². The number of nitrogens with one attached hydrogen (secondary N) is 3. The summed E-state index contributed by atoms with van der Waals surface area (Å²) in [6.45, 7) is 0.0825. The summed E-state index contributed by atoms with van der Waals surface area (Å²) >= 11 is 0. The monoisotopic (exact) mass is 476 g/mol. The average molecular weight is 477 g/mol. The first kappa shape index (κ1) is 21.4. The van der Waals surface area contributed by atoms with Gasteiger partial charge < -0.3 is 15.2 Å². The number of nitrogens with zero attached hydrogens (tertiary/aromatic N) is 5. The number of H-pyrrole nitrogens is 2. The van der Waals surface area contributed by atoms with E-state index in [9.17, 15) is 9.59 Å². The second-order valence-corrected chi connectivity index (χ2v) is 8.28. The van der Waals surface area contributed by atoms with Crippen LogP contribution in [-0.2, 0) is 11.3 Å². The Bertz CT molecular complexity index is 1560. The maximum Gasteiger partial charge on any atom is 0.272 e. The predicted molar refractivity (Wildman–Crippen MR) is 133 cm³/mol. The summed E-state index contributed by atoms with van der Waals surface area (Å²) in [5, 5.41) is 17.6. The molecule has 1 aliphatic heterocycles. The Kier molecular flexibility index (Phi) is 5.30. The minimum atomic E-state index is -1.18. The molecule has 0 radical (unpaired) electrons. The third kappa shape index (κ3) is 3.90. The Hall–Kier alpha value is -5.12. The Morgan fingerprint density at radius 1 is 0.972 bits per heavy atom. The van der Waals surface area contributed by atoms with Crippen molar-refractivity contribution in [2.24, 2.45) is 4.99 Å². The number of aliphatic imine (C=N–C) groups is 1. The number of carbonyl (C=O) groups excluding carboxylic acids is 2. The summed E-state index contributed by atoms with van der Waals surface area (Å²) < 4.78 is 0. The van der Waals surface area contributed by atoms with Crippen molar-refractivity contribution in [3.05, 3.63) is 108 Å². The third-order valence-electron chi connectivity index (χ3n) is 5.99. The molecule has 1 aliphatic rings. The zero-order chi connectivity index (χ0) is 24.5. The highest BCUT2D eigenvalue weighted by atomic mass is 16.2. The van der Waals surface area contributed by atoms with E-state index in [2.05, 4.69) is 30.9 Å². The zero-order valence-corrected chi connectivity index (χ0v) is 18.9. The van der Waals surface area contributed by atoms with Gasteiger partial charge in [-0.15, -0.1) is 5.10 Å². The highest BCUT2D eigenvalue weighted by molar-refractivity contribution is 6.20. The lowest BCUT2D eigenvalue weighted by Gasteiger charge is -2.24. The maximum atomic E-state index is 13.9. The molecule has 3 N–H and O–H groups in total. The van der Waals surface area contributed by atoms with Gasteiger partial charge in [-0.05, 0) is 28.6 Å². The molecule has 0 bridgehead atoms. The van der Waals surface area contributed by atoms with E-state index in [0.717, 1.165) is 22.0 Å². The topological polar surface area (TPSA) is 132 Å². The molecule has 3 heterocycles. The van der Waals surface area contributed by atoms with E-state index >= 15 is 0 Å². The summed E-state index contributed by atoms with van der Waals surface area (Å²) in [7, 11) is 0. The van der Waals surface area contributed by atoms with E-state index in [1.165, 1.54) is 4.90 Å². The summed E-state index contributed by atoms with van der Waals surface area (Å²) in [5.74, 6) is -0.441. The molecular weight excluding hydrogens is 456 g/mol. The number of anilines is 1. The molecule has 10 nitrogen and oxygen atoms in total. The number of benzene rings is 3. The van der Waals surface area contributed by atoms with Crippen molar-refractivity contribution in [3.63, 3.8) is 0 Å². The van der Waals surface area contributed by atoms with E-state index in [0.29, 0.717) is 22.9 Å². The lowest BCUT2D eigenvalue weighted by molar-refractivity contribution is -0.120. The number of para-hydroxylation sites is 2. The van der Waals surface area contributed by atoms with Gasteiger partial charge in [0.2, 0.25) is 6.17 Å². The molecule has 176 valence electrons. The Morgan fingerprint density at radius 3 is 2.56 bits per heavy atom. The van der Waals surface area contributed by atoms with Crippen LogP contribution in [0.25, 0.3) is 10.9 Å². The maximum absolute atomic E-state index is 13.9. The number of amides is 2. The van der Waals surface area contributed by atoms with Crippen molar-refractivity contribution in [2.45, 2.75) is 12.7 Å². The van der Waals surface area contributed by atoms with Gasteiger partial charge in [0.05, 0.1) is 17.9 Å². The molecule has 0 fully saturated rings. The quantitative estimate of drug-likeness (QED) is 0.359. The molecule has 6 rings (SSSR count). The molecule has 0 unspecified atom stereocenters. The van der Waals surface area contributed by atoms with E-state index in [-0.39, 0.29) is 6.54 Å². The molecule has 1 atom stereocenters. The van der Waals surface area contributed by atoms with E-state index < -0.39 is 18.0 Å². The number of hydrogen-bond donors (Lipinski definition) is 3. The van der Waals surface area contributed by atoms with Crippen LogP contribution < -0.4 is 10.2 Å². The van der Waals surface area contributed by atoms with E-state index in [4.69, 9.17) is 4.99 Å². The largest absolute Gasteiger partial charge is 0.351 e. The van der Waals surface area contributed by atoms with Gasteiger partial charge in [-0.1, -0.05) is 66.7 Å². The Balaban J connectivity index is 1.44. The molecule has 0 aliphatic carbocycles. The number of carbonyl (C=O) groups is 2. The molecule has 0 saturated heterocycles. The summed E-state index contributed by atoms with van der Waals surface area (Å²) in [6, 6.07) is 26.4. The van der Waals surface area contributed by atoms with Crippen molar-refractivity contribution in [1.29, 1.82) is 0 Å².